The number of hydrogen-bond acceptors (Lipinski definition) is 6. The van der Waals surface area contributed by atoms with Crippen LogP contribution >= 0.6 is 0 Å². The van der Waals surface area contributed by atoms with Gasteiger partial charge in [-0.05, 0) is 48.9 Å². The first kappa shape index (κ1) is 24.7. The van der Waals surface area contributed by atoms with Crippen molar-refractivity contribution in [1.29, 1.82) is 0 Å². The summed E-state index contributed by atoms with van der Waals surface area (Å²) in [6, 6.07) is 14.9. The van der Waals surface area contributed by atoms with Gasteiger partial charge >= 0.3 is 5.97 Å². The normalized spacial score (nSPS) is 21.3. The summed E-state index contributed by atoms with van der Waals surface area (Å²) in [5.74, 6) is -1.14. The number of Topliss-reactive ketones (excluding diaryl/α,β-unsaturated/α-hetero) is 1. The second kappa shape index (κ2) is 10.1. The average Bonchev–Trinajstić information content (AvgIpc) is 2.79. The van der Waals surface area contributed by atoms with Gasteiger partial charge in [0.1, 0.15) is 5.78 Å². The van der Waals surface area contributed by atoms with Gasteiger partial charge in [0.25, 0.3) is 0 Å². The molecule has 2 atom stereocenters. The molecule has 2 aromatic carbocycles. The average molecular weight is 476 g/mol. The molecule has 1 fully saturated rings. The van der Waals surface area contributed by atoms with Crippen molar-refractivity contribution in [2.24, 2.45) is 16.3 Å². The van der Waals surface area contributed by atoms with Crippen molar-refractivity contribution < 1.29 is 24.2 Å². The van der Waals surface area contributed by atoms with Gasteiger partial charge in [0.05, 0.1) is 24.7 Å². The molecule has 6 nitrogen and oxygen atoms in total. The molecule has 1 aliphatic heterocycles. The highest BCUT2D eigenvalue weighted by atomic mass is 16.5. The van der Waals surface area contributed by atoms with Gasteiger partial charge in [0.2, 0.25) is 0 Å². The van der Waals surface area contributed by atoms with Crippen molar-refractivity contribution in [3.8, 4) is 11.5 Å². The minimum Gasteiger partial charge on any atom is -0.504 e. The first-order valence-corrected chi connectivity index (χ1v) is 12.2. The van der Waals surface area contributed by atoms with Crippen LogP contribution in [0.15, 0.2) is 64.8 Å². The minimum absolute atomic E-state index is 0.0177. The summed E-state index contributed by atoms with van der Waals surface area (Å²) in [6.07, 6.45) is 1.70. The molecule has 2 aliphatic rings. The Balaban J connectivity index is 1.71. The van der Waals surface area contributed by atoms with Gasteiger partial charge in [-0.15, -0.1) is 0 Å². The molecule has 0 spiro atoms. The molecule has 6 heteroatoms. The molecule has 1 saturated carbocycles. The van der Waals surface area contributed by atoms with E-state index in [9.17, 15) is 14.7 Å². The molecule has 1 aliphatic carbocycles. The van der Waals surface area contributed by atoms with E-state index < -0.39 is 17.8 Å². The zero-order valence-electron chi connectivity index (χ0n) is 20.8. The van der Waals surface area contributed by atoms with E-state index in [0.29, 0.717) is 42.9 Å². The molecule has 184 valence electrons. The van der Waals surface area contributed by atoms with E-state index in [0.717, 1.165) is 16.8 Å². The van der Waals surface area contributed by atoms with Gasteiger partial charge in [-0.2, -0.15) is 0 Å². The summed E-state index contributed by atoms with van der Waals surface area (Å²) in [5.41, 5.74) is 3.40. The standard InChI is InChI=1S/C29H33NO5/c1-5-34-24-15-20(11-12-22(24)31)26-25(28(33)35-14-13-19-9-7-6-8-10-19)18(2)30-21-16-29(3,4)17-23(32)27(21)26/h6-12,15,26-27,31H,5,13-14,16-17H2,1-4H3/t26-,27?/m0/s1. The van der Waals surface area contributed by atoms with Crippen LogP contribution in [0.25, 0.3) is 0 Å². The monoisotopic (exact) mass is 475 g/mol. The Kier molecular flexibility index (Phi) is 7.10. The molecule has 0 aromatic heterocycles. The predicted molar refractivity (Wildman–Crippen MR) is 135 cm³/mol. The summed E-state index contributed by atoms with van der Waals surface area (Å²) in [7, 11) is 0. The maximum atomic E-state index is 13.4. The molecular formula is C29H33NO5. The SMILES string of the molecule is CCOc1cc([C@H]2C(C(=O)OCCc3ccccc3)=C(C)N=C3CC(C)(C)CC(=O)C32)ccc1O. The lowest BCUT2D eigenvalue weighted by molar-refractivity contribution is -0.139. The number of hydrogen-bond donors (Lipinski definition) is 1. The van der Waals surface area contributed by atoms with E-state index in [1.807, 2.05) is 37.3 Å². The molecule has 2 aromatic rings. The van der Waals surface area contributed by atoms with Gasteiger partial charge in [-0.25, -0.2) is 4.79 Å². The molecule has 1 heterocycles. The number of phenols is 1. The van der Waals surface area contributed by atoms with Crippen LogP contribution in [0.5, 0.6) is 11.5 Å². The second-order valence-corrected chi connectivity index (χ2v) is 10.1. The van der Waals surface area contributed by atoms with Crippen molar-refractivity contribution >= 4 is 17.5 Å². The Bertz CT molecular complexity index is 1180. The fourth-order valence-electron chi connectivity index (χ4n) is 5.20. The van der Waals surface area contributed by atoms with Gasteiger partial charge in [-0.1, -0.05) is 50.2 Å². The van der Waals surface area contributed by atoms with Crippen LogP contribution in [-0.4, -0.2) is 35.8 Å². The Morgan fingerprint density at radius 2 is 1.86 bits per heavy atom. The fourth-order valence-corrected chi connectivity index (χ4v) is 5.20. The van der Waals surface area contributed by atoms with Gasteiger partial charge in [0.15, 0.2) is 11.5 Å². The number of aromatic hydroxyl groups is 1. The molecule has 0 amide bonds. The van der Waals surface area contributed by atoms with E-state index in [1.54, 1.807) is 25.1 Å². The Morgan fingerprint density at radius 3 is 2.57 bits per heavy atom. The first-order chi connectivity index (χ1) is 16.7. The number of nitrogens with zero attached hydrogens (tertiary/aromatic N) is 1. The van der Waals surface area contributed by atoms with Crippen LogP contribution in [0.2, 0.25) is 0 Å². The molecule has 0 saturated heterocycles. The van der Waals surface area contributed by atoms with Crippen molar-refractivity contribution in [2.75, 3.05) is 13.2 Å². The topological polar surface area (TPSA) is 85.2 Å². The van der Waals surface area contributed by atoms with Crippen LogP contribution < -0.4 is 4.74 Å². The van der Waals surface area contributed by atoms with Crippen molar-refractivity contribution in [1.82, 2.24) is 0 Å². The second-order valence-electron chi connectivity index (χ2n) is 10.1. The lowest BCUT2D eigenvalue weighted by Crippen LogP contribution is -2.44. The number of fused-ring (bicyclic) bond motifs is 1. The number of ketones is 1. The predicted octanol–water partition coefficient (Wildman–Crippen LogP) is 5.39. The number of carbonyl (C=O) groups is 2. The molecule has 0 bridgehead atoms. The summed E-state index contributed by atoms with van der Waals surface area (Å²) in [4.78, 5) is 31.6. The zero-order valence-corrected chi connectivity index (χ0v) is 20.8. The van der Waals surface area contributed by atoms with Crippen molar-refractivity contribution in [3.05, 3.63) is 70.9 Å². The Labute approximate surface area is 206 Å². The molecular weight excluding hydrogens is 442 g/mol. The largest absolute Gasteiger partial charge is 0.504 e. The summed E-state index contributed by atoms with van der Waals surface area (Å²) < 4.78 is 11.3. The Morgan fingerprint density at radius 1 is 1.11 bits per heavy atom. The summed E-state index contributed by atoms with van der Waals surface area (Å²) >= 11 is 0. The lowest BCUT2D eigenvalue weighted by atomic mass is 9.63. The first-order valence-electron chi connectivity index (χ1n) is 12.2. The highest BCUT2D eigenvalue weighted by Crippen LogP contribution is 2.48. The molecule has 1 unspecified atom stereocenters. The highest BCUT2D eigenvalue weighted by molar-refractivity contribution is 6.12. The lowest BCUT2D eigenvalue weighted by Gasteiger charge is -2.41. The third-order valence-electron chi connectivity index (χ3n) is 6.69. The number of ether oxygens (including phenoxy) is 2. The van der Waals surface area contributed by atoms with Gasteiger partial charge in [0, 0.05) is 30.2 Å². The number of aliphatic imine (C=N–C) groups is 1. The highest BCUT2D eigenvalue weighted by Gasteiger charge is 2.47. The third kappa shape index (κ3) is 5.31. The van der Waals surface area contributed by atoms with E-state index in [2.05, 4.69) is 13.8 Å². The van der Waals surface area contributed by atoms with E-state index >= 15 is 0 Å². The quantitative estimate of drug-likeness (QED) is 0.543. The van der Waals surface area contributed by atoms with E-state index in [-0.39, 0.29) is 23.6 Å². The van der Waals surface area contributed by atoms with E-state index in [1.165, 1.54) is 0 Å². The third-order valence-corrected chi connectivity index (χ3v) is 6.69. The van der Waals surface area contributed by atoms with Gasteiger partial charge in [-0.3, -0.25) is 9.79 Å². The molecule has 0 radical (unpaired) electrons. The number of phenolic OH excluding ortho intramolecular Hbond substituents is 1. The number of benzene rings is 2. The van der Waals surface area contributed by atoms with Crippen LogP contribution in [0, 0.1) is 11.3 Å². The molecule has 4 rings (SSSR count). The van der Waals surface area contributed by atoms with E-state index in [4.69, 9.17) is 14.5 Å². The van der Waals surface area contributed by atoms with Crippen LogP contribution in [-0.2, 0) is 20.7 Å². The van der Waals surface area contributed by atoms with Crippen LogP contribution in [0.4, 0.5) is 0 Å². The van der Waals surface area contributed by atoms with Crippen molar-refractivity contribution in [3.63, 3.8) is 0 Å². The summed E-state index contributed by atoms with van der Waals surface area (Å²) in [5, 5.41) is 10.2. The molecule has 1 N–H and O–H groups in total. The Hall–Kier alpha value is -3.41. The number of carbonyl (C=O) groups excluding carboxylic acids is 2. The fraction of sp³-hybridized carbons (Fsp3) is 0.414. The minimum atomic E-state index is -0.546. The molecule has 35 heavy (non-hydrogen) atoms. The van der Waals surface area contributed by atoms with Crippen molar-refractivity contribution in [2.45, 2.75) is 52.9 Å². The van der Waals surface area contributed by atoms with Crippen LogP contribution in [0.3, 0.4) is 0 Å². The smallest absolute Gasteiger partial charge is 0.336 e. The van der Waals surface area contributed by atoms with Crippen LogP contribution in [0.1, 0.15) is 57.6 Å². The zero-order chi connectivity index (χ0) is 25.2. The number of rotatable bonds is 7. The maximum absolute atomic E-state index is 13.4. The van der Waals surface area contributed by atoms with Gasteiger partial charge < -0.3 is 14.6 Å². The number of esters is 1. The summed E-state index contributed by atoms with van der Waals surface area (Å²) in [6.45, 7) is 8.39. The number of allylic oxidation sites excluding steroid dienone is 1. The maximum Gasteiger partial charge on any atom is 0.336 e.